The first-order chi connectivity index (χ1) is 10.1. The second-order valence-corrected chi connectivity index (χ2v) is 5.45. The molecule has 3 rings (SSSR count). The van der Waals surface area contributed by atoms with Gasteiger partial charge in [-0.15, -0.1) is 0 Å². The van der Waals surface area contributed by atoms with E-state index in [9.17, 15) is 9.59 Å². The van der Waals surface area contributed by atoms with Gasteiger partial charge >= 0.3 is 0 Å². The number of aromatic nitrogens is 2. The second-order valence-electron chi connectivity index (χ2n) is 5.45. The number of rotatable bonds is 2. The molecule has 0 spiro atoms. The summed E-state index contributed by atoms with van der Waals surface area (Å²) in [4.78, 5) is 23.6. The maximum Gasteiger partial charge on any atom is 0.272 e. The Bertz CT molecular complexity index is 692. The van der Waals surface area contributed by atoms with Crippen LogP contribution >= 0.6 is 0 Å². The summed E-state index contributed by atoms with van der Waals surface area (Å²) < 4.78 is 1.69. The molecule has 0 aromatic carbocycles. The number of fused-ring (bicyclic) bond motifs is 1. The zero-order valence-electron chi connectivity index (χ0n) is 11.9. The van der Waals surface area contributed by atoms with E-state index in [1.54, 1.807) is 10.6 Å². The fraction of sp³-hybridized carbons (Fsp3) is 0.400. The fourth-order valence-electron chi connectivity index (χ4n) is 2.54. The number of carbonyl (C=O) groups excluding carboxylic acids is 2. The van der Waals surface area contributed by atoms with Crippen LogP contribution in [0.2, 0.25) is 0 Å². The molecule has 1 saturated heterocycles. The zero-order chi connectivity index (χ0) is 14.8. The first-order valence-corrected chi connectivity index (χ1v) is 7.15. The molecule has 1 aliphatic heterocycles. The van der Waals surface area contributed by atoms with Gasteiger partial charge < -0.3 is 10.6 Å². The van der Waals surface area contributed by atoms with Gasteiger partial charge in [0.25, 0.3) is 5.91 Å². The van der Waals surface area contributed by atoms with Gasteiger partial charge in [0.1, 0.15) is 0 Å². The predicted octanol–water partition coefficient (Wildman–Crippen LogP) is 1.04. The van der Waals surface area contributed by atoms with Crippen molar-refractivity contribution in [3.63, 3.8) is 0 Å². The number of aryl methyl sites for hydroxylation is 1. The van der Waals surface area contributed by atoms with Crippen LogP contribution in [0.5, 0.6) is 0 Å². The number of hydrogen-bond acceptors (Lipinski definition) is 3. The molecular weight excluding hydrogens is 268 g/mol. The highest BCUT2D eigenvalue weighted by molar-refractivity contribution is 5.93. The molecule has 3 heterocycles. The average Bonchev–Trinajstić information content (AvgIpc) is 2.77. The number of carbonyl (C=O) groups is 2. The predicted molar refractivity (Wildman–Crippen MR) is 78.0 cm³/mol. The molecule has 2 amide bonds. The standard InChI is InChI=1S/C15H18N4O2/c1-10-5-7-19-12(8-10)9-13(18-19)15(21)17-11-2-3-14(20)16-6-4-11/h5,7-9,11H,2-4,6H2,1H3,(H,16,20)(H,17,21). The number of hydrogen-bond donors (Lipinski definition) is 2. The molecule has 0 saturated carbocycles. The number of pyridine rings is 1. The number of nitrogens with zero attached hydrogens (tertiary/aromatic N) is 2. The van der Waals surface area contributed by atoms with Gasteiger partial charge in [0, 0.05) is 25.2 Å². The van der Waals surface area contributed by atoms with E-state index in [1.165, 1.54) is 0 Å². The smallest absolute Gasteiger partial charge is 0.272 e. The minimum atomic E-state index is -0.185. The molecule has 2 aromatic rings. The van der Waals surface area contributed by atoms with Crippen molar-refractivity contribution < 1.29 is 9.59 Å². The van der Waals surface area contributed by atoms with Gasteiger partial charge in [0.15, 0.2) is 5.69 Å². The first-order valence-electron chi connectivity index (χ1n) is 7.15. The van der Waals surface area contributed by atoms with E-state index in [-0.39, 0.29) is 17.9 Å². The lowest BCUT2D eigenvalue weighted by atomic mass is 10.1. The Morgan fingerprint density at radius 3 is 3.14 bits per heavy atom. The van der Waals surface area contributed by atoms with Gasteiger partial charge in [-0.1, -0.05) is 0 Å². The van der Waals surface area contributed by atoms with Crippen LogP contribution in [0.15, 0.2) is 24.4 Å². The summed E-state index contributed by atoms with van der Waals surface area (Å²) in [5.74, 6) is -0.134. The Morgan fingerprint density at radius 1 is 1.43 bits per heavy atom. The maximum absolute atomic E-state index is 12.3. The highest BCUT2D eigenvalue weighted by Gasteiger charge is 2.19. The molecule has 1 aliphatic rings. The lowest BCUT2D eigenvalue weighted by Gasteiger charge is -2.14. The topological polar surface area (TPSA) is 75.5 Å². The summed E-state index contributed by atoms with van der Waals surface area (Å²) >= 11 is 0. The minimum absolute atomic E-state index is 0.0167. The van der Waals surface area contributed by atoms with Crippen LogP contribution < -0.4 is 10.6 Å². The van der Waals surface area contributed by atoms with Crippen LogP contribution in [0.4, 0.5) is 0 Å². The normalized spacial score (nSPS) is 19.1. The Morgan fingerprint density at radius 2 is 2.29 bits per heavy atom. The third kappa shape index (κ3) is 3.04. The summed E-state index contributed by atoms with van der Waals surface area (Å²) in [5.41, 5.74) is 2.43. The molecule has 6 heteroatoms. The Balaban J connectivity index is 1.72. The van der Waals surface area contributed by atoms with E-state index >= 15 is 0 Å². The van der Waals surface area contributed by atoms with Gasteiger partial charge in [0.2, 0.25) is 5.91 Å². The molecule has 1 fully saturated rings. The minimum Gasteiger partial charge on any atom is -0.356 e. The molecule has 1 unspecified atom stereocenters. The van der Waals surface area contributed by atoms with Crippen molar-refractivity contribution >= 4 is 17.3 Å². The Kier molecular flexibility index (Phi) is 3.60. The van der Waals surface area contributed by atoms with Gasteiger partial charge in [-0.05, 0) is 43.5 Å². The van der Waals surface area contributed by atoms with Crippen molar-refractivity contribution in [2.45, 2.75) is 32.2 Å². The molecule has 0 radical (unpaired) electrons. The molecule has 2 aromatic heterocycles. The van der Waals surface area contributed by atoms with E-state index < -0.39 is 0 Å². The molecule has 21 heavy (non-hydrogen) atoms. The molecule has 110 valence electrons. The SMILES string of the molecule is Cc1ccn2nc(C(=O)NC3CCNC(=O)CC3)cc2c1. The van der Waals surface area contributed by atoms with Crippen LogP contribution in [0, 0.1) is 6.92 Å². The van der Waals surface area contributed by atoms with Crippen LogP contribution in [0.3, 0.4) is 0 Å². The van der Waals surface area contributed by atoms with Gasteiger partial charge in [0.05, 0.1) is 5.52 Å². The summed E-state index contributed by atoms with van der Waals surface area (Å²) in [5, 5.41) is 10.0. The fourth-order valence-corrected chi connectivity index (χ4v) is 2.54. The largest absolute Gasteiger partial charge is 0.356 e. The third-order valence-corrected chi connectivity index (χ3v) is 3.72. The van der Waals surface area contributed by atoms with E-state index in [1.807, 2.05) is 25.3 Å². The summed E-state index contributed by atoms with van der Waals surface area (Å²) in [6, 6.07) is 5.73. The van der Waals surface area contributed by atoms with Crippen LogP contribution in [0.1, 0.15) is 35.3 Å². The molecule has 2 N–H and O–H groups in total. The average molecular weight is 286 g/mol. The second kappa shape index (κ2) is 5.55. The van der Waals surface area contributed by atoms with Crippen molar-refractivity contribution in [2.24, 2.45) is 0 Å². The van der Waals surface area contributed by atoms with Crippen LogP contribution in [-0.2, 0) is 4.79 Å². The quantitative estimate of drug-likeness (QED) is 0.866. The van der Waals surface area contributed by atoms with Gasteiger partial charge in [-0.2, -0.15) is 5.10 Å². The van der Waals surface area contributed by atoms with E-state index in [0.717, 1.165) is 17.5 Å². The summed E-state index contributed by atoms with van der Waals surface area (Å²) in [7, 11) is 0. The highest BCUT2D eigenvalue weighted by Crippen LogP contribution is 2.11. The molecule has 6 nitrogen and oxygen atoms in total. The van der Waals surface area contributed by atoms with Gasteiger partial charge in [-0.25, -0.2) is 4.52 Å². The van der Waals surface area contributed by atoms with E-state index in [2.05, 4.69) is 15.7 Å². The molecule has 1 atom stereocenters. The lowest BCUT2D eigenvalue weighted by molar-refractivity contribution is -0.120. The number of amides is 2. The van der Waals surface area contributed by atoms with Crippen LogP contribution in [0.25, 0.3) is 5.52 Å². The van der Waals surface area contributed by atoms with Crippen molar-refractivity contribution in [1.29, 1.82) is 0 Å². The zero-order valence-corrected chi connectivity index (χ0v) is 11.9. The third-order valence-electron chi connectivity index (χ3n) is 3.72. The molecule has 0 bridgehead atoms. The Labute approximate surface area is 122 Å². The highest BCUT2D eigenvalue weighted by atomic mass is 16.2. The van der Waals surface area contributed by atoms with Gasteiger partial charge in [-0.3, -0.25) is 9.59 Å². The number of nitrogens with one attached hydrogen (secondary N) is 2. The molecular formula is C15H18N4O2. The maximum atomic E-state index is 12.3. The lowest BCUT2D eigenvalue weighted by Crippen LogP contribution is -2.35. The summed E-state index contributed by atoms with van der Waals surface area (Å²) in [6.45, 7) is 2.61. The Hall–Kier alpha value is -2.37. The van der Waals surface area contributed by atoms with Crippen LogP contribution in [-0.4, -0.2) is 34.0 Å². The van der Waals surface area contributed by atoms with Crippen molar-refractivity contribution in [3.05, 3.63) is 35.7 Å². The van der Waals surface area contributed by atoms with E-state index in [0.29, 0.717) is 25.1 Å². The monoisotopic (exact) mass is 286 g/mol. The van der Waals surface area contributed by atoms with Crippen molar-refractivity contribution in [3.8, 4) is 0 Å². The van der Waals surface area contributed by atoms with E-state index in [4.69, 9.17) is 0 Å². The summed E-state index contributed by atoms with van der Waals surface area (Å²) in [6.07, 6.45) is 3.72. The van der Waals surface area contributed by atoms with Crippen molar-refractivity contribution in [2.75, 3.05) is 6.54 Å². The first kappa shape index (κ1) is 13.6. The van der Waals surface area contributed by atoms with Crippen molar-refractivity contribution in [1.82, 2.24) is 20.2 Å². The molecule has 0 aliphatic carbocycles.